The van der Waals surface area contributed by atoms with Gasteiger partial charge in [0.15, 0.2) is 5.78 Å². The Bertz CT molecular complexity index is 1160. The van der Waals surface area contributed by atoms with E-state index in [2.05, 4.69) is 127 Å². The molecular formula is C34H41N3O. The first-order valence-corrected chi connectivity index (χ1v) is 14.0. The van der Waals surface area contributed by atoms with Gasteiger partial charge in [0, 0.05) is 68.3 Å². The van der Waals surface area contributed by atoms with Crippen molar-refractivity contribution in [1.82, 2.24) is 4.90 Å². The SMILES string of the molecule is CCN(CC)c1ccc(C=C2CN(Cc3ccccc3)CC(=Cc3ccc(N(CC)CC)cc3)C2=O)cc1. The third-order valence-electron chi connectivity index (χ3n) is 7.35. The molecule has 4 heteroatoms. The fraction of sp³-hybridized carbons (Fsp3) is 0.324. The number of hydrogen-bond donors (Lipinski definition) is 0. The molecule has 0 radical (unpaired) electrons. The quantitative estimate of drug-likeness (QED) is 0.278. The maximum Gasteiger partial charge on any atom is 0.187 e. The number of rotatable bonds is 10. The number of anilines is 2. The topological polar surface area (TPSA) is 26.8 Å². The molecule has 0 amide bonds. The van der Waals surface area contributed by atoms with Crippen LogP contribution >= 0.6 is 0 Å². The van der Waals surface area contributed by atoms with Gasteiger partial charge in [0.05, 0.1) is 0 Å². The molecule has 1 fully saturated rings. The average molecular weight is 508 g/mol. The number of ketones is 1. The van der Waals surface area contributed by atoms with Crippen molar-refractivity contribution in [3.05, 3.63) is 107 Å². The van der Waals surface area contributed by atoms with E-state index in [1.807, 2.05) is 6.07 Å². The first-order valence-electron chi connectivity index (χ1n) is 14.0. The van der Waals surface area contributed by atoms with Crippen molar-refractivity contribution in [1.29, 1.82) is 0 Å². The molecule has 0 unspecified atom stereocenters. The molecule has 0 bridgehead atoms. The summed E-state index contributed by atoms with van der Waals surface area (Å²) in [4.78, 5) is 20.7. The standard InChI is InChI=1S/C34H41N3O/c1-5-36(6-2)32-18-14-27(15-19-32)22-30-25-35(24-29-12-10-9-11-13-29)26-31(34(30)38)23-28-16-20-33(21-17-28)37(7-3)8-4/h9-23H,5-8,24-26H2,1-4H3. The van der Waals surface area contributed by atoms with E-state index in [-0.39, 0.29) is 5.78 Å². The lowest BCUT2D eigenvalue weighted by molar-refractivity contribution is -0.113. The van der Waals surface area contributed by atoms with E-state index in [9.17, 15) is 4.79 Å². The maximum atomic E-state index is 13.7. The number of carbonyl (C=O) groups excluding carboxylic acids is 1. The Kier molecular flexibility index (Phi) is 9.56. The van der Waals surface area contributed by atoms with Gasteiger partial charge in [-0.2, -0.15) is 0 Å². The Morgan fingerprint density at radius 3 is 1.45 bits per heavy atom. The molecule has 3 aromatic rings. The van der Waals surface area contributed by atoms with E-state index in [1.54, 1.807) is 0 Å². The molecule has 0 aromatic heterocycles. The van der Waals surface area contributed by atoms with Crippen molar-refractivity contribution in [2.75, 3.05) is 49.1 Å². The predicted octanol–water partition coefficient (Wildman–Crippen LogP) is 6.93. The third kappa shape index (κ3) is 6.81. The highest BCUT2D eigenvalue weighted by Crippen LogP contribution is 2.25. The Labute approximate surface area is 228 Å². The van der Waals surface area contributed by atoms with E-state index in [0.29, 0.717) is 13.1 Å². The summed E-state index contributed by atoms with van der Waals surface area (Å²) in [5, 5.41) is 0. The van der Waals surface area contributed by atoms with Gasteiger partial charge in [-0.3, -0.25) is 9.69 Å². The second kappa shape index (κ2) is 13.3. The number of carbonyl (C=O) groups is 1. The minimum absolute atomic E-state index is 0.148. The molecular weight excluding hydrogens is 466 g/mol. The lowest BCUT2D eigenvalue weighted by Gasteiger charge is -2.30. The molecule has 0 N–H and O–H groups in total. The number of Topliss-reactive ketones (excluding diaryl/α,β-unsaturated/α-hetero) is 1. The zero-order valence-electron chi connectivity index (χ0n) is 23.4. The van der Waals surface area contributed by atoms with Gasteiger partial charge in [-0.05, 0) is 80.8 Å². The van der Waals surface area contributed by atoms with Gasteiger partial charge in [-0.25, -0.2) is 0 Å². The van der Waals surface area contributed by atoms with Crippen molar-refractivity contribution in [3.8, 4) is 0 Å². The molecule has 3 aromatic carbocycles. The Morgan fingerprint density at radius 1 is 0.632 bits per heavy atom. The number of benzene rings is 3. The van der Waals surface area contributed by atoms with Crippen LogP contribution in [0.25, 0.3) is 12.2 Å². The van der Waals surface area contributed by atoms with E-state index in [0.717, 1.165) is 55.0 Å². The van der Waals surface area contributed by atoms with Crippen molar-refractivity contribution in [2.24, 2.45) is 0 Å². The predicted molar refractivity (Wildman–Crippen MR) is 163 cm³/mol. The first-order chi connectivity index (χ1) is 18.5. The second-order valence-corrected chi connectivity index (χ2v) is 9.83. The summed E-state index contributed by atoms with van der Waals surface area (Å²) in [5.74, 6) is 0.148. The van der Waals surface area contributed by atoms with Crippen molar-refractivity contribution in [2.45, 2.75) is 34.2 Å². The number of likely N-dealkylation sites (tertiary alicyclic amines) is 1. The second-order valence-electron chi connectivity index (χ2n) is 9.83. The van der Waals surface area contributed by atoms with E-state index < -0.39 is 0 Å². The zero-order chi connectivity index (χ0) is 26.9. The summed E-state index contributed by atoms with van der Waals surface area (Å²) in [6.45, 7) is 14.7. The van der Waals surface area contributed by atoms with E-state index in [1.165, 1.54) is 16.9 Å². The highest BCUT2D eigenvalue weighted by molar-refractivity contribution is 6.14. The van der Waals surface area contributed by atoms with Crippen LogP contribution in [0.4, 0.5) is 11.4 Å². The summed E-state index contributed by atoms with van der Waals surface area (Å²) < 4.78 is 0. The van der Waals surface area contributed by atoms with Crippen LogP contribution in [-0.2, 0) is 11.3 Å². The minimum atomic E-state index is 0.148. The van der Waals surface area contributed by atoms with Crippen molar-refractivity contribution >= 4 is 29.3 Å². The Hall–Kier alpha value is -3.63. The summed E-state index contributed by atoms with van der Waals surface area (Å²) in [5.41, 5.74) is 7.50. The Balaban J connectivity index is 1.63. The summed E-state index contributed by atoms with van der Waals surface area (Å²) in [7, 11) is 0. The van der Waals surface area contributed by atoms with Gasteiger partial charge >= 0.3 is 0 Å². The molecule has 0 spiro atoms. The van der Waals surface area contributed by atoms with Crippen LogP contribution in [-0.4, -0.2) is 50.0 Å². The molecule has 0 saturated carbocycles. The van der Waals surface area contributed by atoms with Crippen LogP contribution in [0.5, 0.6) is 0 Å². The number of hydrogen-bond acceptors (Lipinski definition) is 4. The minimum Gasteiger partial charge on any atom is -0.372 e. The van der Waals surface area contributed by atoms with Gasteiger partial charge < -0.3 is 9.80 Å². The molecule has 1 saturated heterocycles. The lowest BCUT2D eigenvalue weighted by Crippen LogP contribution is -2.37. The van der Waals surface area contributed by atoms with E-state index in [4.69, 9.17) is 0 Å². The summed E-state index contributed by atoms with van der Waals surface area (Å²) in [6.07, 6.45) is 4.14. The number of piperidine rings is 1. The molecule has 38 heavy (non-hydrogen) atoms. The smallest absolute Gasteiger partial charge is 0.187 e. The summed E-state index contributed by atoms with van der Waals surface area (Å²) in [6, 6.07) is 27.6. The van der Waals surface area contributed by atoms with Gasteiger partial charge in [0.25, 0.3) is 0 Å². The van der Waals surface area contributed by atoms with Gasteiger partial charge in [-0.15, -0.1) is 0 Å². The summed E-state index contributed by atoms with van der Waals surface area (Å²) >= 11 is 0. The largest absolute Gasteiger partial charge is 0.372 e. The van der Waals surface area contributed by atoms with Gasteiger partial charge in [0.1, 0.15) is 0 Å². The van der Waals surface area contributed by atoms with E-state index >= 15 is 0 Å². The third-order valence-corrected chi connectivity index (χ3v) is 7.35. The fourth-order valence-corrected chi connectivity index (χ4v) is 5.21. The maximum absolute atomic E-state index is 13.7. The Morgan fingerprint density at radius 2 is 1.05 bits per heavy atom. The van der Waals surface area contributed by atoms with Crippen LogP contribution < -0.4 is 9.80 Å². The van der Waals surface area contributed by atoms with Crippen LogP contribution in [0.2, 0.25) is 0 Å². The highest BCUT2D eigenvalue weighted by atomic mass is 16.1. The van der Waals surface area contributed by atoms with Crippen LogP contribution in [0, 0.1) is 0 Å². The van der Waals surface area contributed by atoms with Crippen LogP contribution in [0.3, 0.4) is 0 Å². The monoisotopic (exact) mass is 507 g/mol. The lowest BCUT2D eigenvalue weighted by atomic mass is 9.93. The van der Waals surface area contributed by atoms with Crippen molar-refractivity contribution in [3.63, 3.8) is 0 Å². The van der Waals surface area contributed by atoms with Crippen LogP contribution in [0.15, 0.2) is 90.0 Å². The fourth-order valence-electron chi connectivity index (χ4n) is 5.21. The zero-order valence-corrected chi connectivity index (χ0v) is 23.4. The number of nitrogens with zero attached hydrogens (tertiary/aromatic N) is 3. The van der Waals surface area contributed by atoms with Crippen LogP contribution in [0.1, 0.15) is 44.4 Å². The average Bonchev–Trinajstić information content (AvgIpc) is 2.95. The van der Waals surface area contributed by atoms with Gasteiger partial charge in [-0.1, -0.05) is 54.6 Å². The molecule has 0 aliphatic carbocycles. The molecule has 1 heterocycles. The molecule has 1 aliphatic rings. The molecule has 4 nitrogen and oxygen atoms in total. The highest BCUT2D eigenvalue weighted by Gasteiger charge is 2.26. The first kappa shape index (κ1) is 27.4. The molecule has 0 atom stereocenters. The molecule has 1 aliphatic heterocycles. The molecule has 198 valence electrons. The normalized spacial score (nSPS) is 16.3. The van der Waals surface area contributed by atoms with Crippen molar-refractivity contribution < 1.29 is 4.79 Å². The van der Waals surface area contributed by atoms with Gasteiger partial charge in [0.2, 0.25) is 0 Å². The molecule has 4 rings (SSSR count).